The molecule has 0 aliphatic heterocycles. The Hall–Kier alpha value is -2.08. The van der Waals surface area contributed by atoms with E-state index in [1.165, 1.54) is 38.6 Å². The van der Waals surface area contributed by atoms with E-state index in [4.69, 9.17) is 0 Å². The molecule has 0 spiro atoms. The zero-order valence-corrected chi connectivity index (χ0v) is 11.7. The van der Waals surface area contributed by atoms with Crippen molar-refractivity contribution < 1.29 is 0 Å². The predicted molar refractivity (Wildman–Crippen MR) is 83.6 cm³/mol. The van der Waals surface area contributed by atoms with Crippen molar-refractivity contribution in [3.63, 3.8) is 0 Å². The van der Waals surface area contributed by atoms with Gasteiger partial charge in [-0.05, 0) is 59.4 Å². The fraction of sp³-hybridized carbons (Fsp3) is 0.158. The lowest BCUT2D eigenvalue weighted by molar-refractivity contribution is 1.33. The van der Waals surface area contributed by atoms with E-state index in [0.29, 0.717) is 0 Å². The van der Waals surface area contributed by atoms with Gasteiger partial charge < -0.3 is 0 Å². The highest BCUT2D eigenvalue weighted by Crippen LogP contribution is 2.34. The van der Waals surface area contributed by atoms with Crippen LogP contribution in [0.5, 0.6) is 0 Å². The van der Waals surface area contributed by atoms with Crippen molar-refractivity contribution in [1.82, 2.24) is 0 Å². The highest BCUT2D eigenvalue weighted by Gasteiger charge is 2.10. The molecule has 0 fully saturated rings. The first-order chi connectivity index (χ1) is 9.18. The molecule has 0 heteroatoms. The average molecular weight is 246 g/mol. The van der Waals surface area contributed by atoms with Crippen molar-refractivity contribution in [1.29, 1.82) is 0 Å². The summed E-state index contributed by atoms with van der Waals surface area (Å²) in [6.45, 7) is 6.59. The molecule has 0 saturated heterocycles. The van der Waals surface area contributed by atoms with Gasteiger partial charge in [-0.2, -0.15) is 0 Å². The Kier molecular flexibility index (Phi) is 2.87. The first-order valence-electron chi connectivity index (χ1n) is 6.73. The van der Waals surface area contributed by atoms with Gasteiger partial charge in [-0.3, -0.25) is 0 Å². The van der Waals surface area contributed by atoms with Crippen LogP contribution in [0.4, 0.5) is 0 Å². The summed E-state index contributed by atoms with van der Waals surface area (Å²) in [7, 11) is 0. The molecule has 0 atom stereocenters. The summed E-state index contributed by atoms with van der Waals surface area (Å²) in [6.07, 6.45) is 0. The summed E-state index contributed by atoms with van der Waals surface area (Å²) in [5.74, 6) is 0. The van der Waals surface area contributed by atoms with E-state index in [-0.39, 0.29) is 0 Å². The molecular formula is C19H18. The van der Waals surface area contributed by atoms with Gasteiger partial charge in [-0.25, -0.2) is 0 Å². The molecule has 0 bridgehead atoms. The summed E-state index contributed by atoms with van der Waals surface area (Å²) < 4.78 is 0. The molecule has 0 heterocycles. The molecule has 3 aromatic carbocycles. The highest BCUT2D eigenvalue weighted by atomic mass is 14.1. The number of fused-ring (bicyclic) bond motifs is 1. The van der Waals surface area contributed by atoms with E-state index in [9.17, 15) is 0 Å². The maximum absolute atomic E-state index is 2.23. The molecule has 19 heavy (non-hydrogen) atoms. The molecule has 0 unspecified atom stereocenters. The molecule has 0 saturated carbocycles. The van der Waals surface area contributed by atoms with Crippen LogP contribution < -0.4 is 0 Å². The SMILES string of the molecule is Cc1cccc(-c2c(C)ccc3ccccc23)c1C. The minimum Gasteiger partial charge on any atom is -0.0616 e. The van der Waals surface area contributed by atoms with Crippen LogP contribution >= 0.6 is 0 Å². The van der Waals surface area contributed by atoms with Crippen molar-refractivity contribution in [2.75, 3.05) is 0 Å². The molecule has 0 N–H and O–H groups in total. The topological polar surface area (TPSA) is 0 Å². The van der Waals surface area contributed by atoms with E-state index in [1.54, 1.807) is 0 Å². The van der Waals surface area contributed by atoms with Crippen LogP contribution in [0.25, 0.3) is 21.9 Å². The van der Waals surface area contributed by atoms with Gasteiger partial charge in [0, 0.05) is 0 Å². The molecule has 0 amide bonds. The van der Waals surface area contributed by atoms with Gasteiger partial charge in [0.05, 0.1) is 0 Å². The second-order valence-electron chi connectivity index (χ2n) is 5.23. The van der Waals surface area contributed by atoms with Gasteiger partial charge in [0.1, 0.15) is 0 Å². The van der Waals surface area contributed by atoms with Crippen molar-refractivity contribution in [2.24, 2.45) is 0 Å². The van der Waals surface area contributed by atoms with Gasteiger partial charge in [-0.1, -0.05) is 54.6 Å². The maximum Gasteiger partial charge on any atom is -0.00734 e. The fourth-order valence-corrected chi connectivity index (χ4v) is 2.76. The zero-order chi connectivity index (χ0) is 13.4. The quantitative estimate of drug-likeness (QED) is 0.537. The van der Waals surface area contributed by atoms with Crippen LogP contribution in [0, 0.1) is 20.8 Å². The molecular weight excluding hydrogens is 228 g/mol. The zero-order valence-electron chi connectivity index (χ0n) is 11.7. The highest BCUT2D eigenvalue weighted by molar-refractivity contribution is 5.99. The second kappa shape index (κ2) is 4.55. The van der Waals surface area contributed by atoms with Crippen LogP contribution in [0.1, 0.15) is 16.7 Å². The standard InChI is InChI=1S/C19H18/c1-13-7-6-10-17(15(13)3)19-14(2)11-12-16-8-4-5-9-18(16)19/h4-12H,1-3H3. The third-order valence-electron chi connectivity index (χ3n) is 4.01. The average Bonchev–Trinajstić information content (AvgIpc) is 2.43. The summed E-state index contributed by atoms with van der Waals surface area (Å²) in [5.41, 5.74) is 6.80. The van der Waals surface area contributed by atoms with Crippen LogP contribution in [-0.4, -0.2) is 0 Å². The van der Waals surface area contributed by atoms with Crippen molar-refractivity contribution >= 4 is 10.8 Å². The van der Waals surface area contributed by atoms with Crippen LogP contribution in [0.2, 0.25) is 0 Å². The Morgan fingerprint density at radius 1 is 0.632 bits per heavy atom. The fourth-order valence-electron chi connectivity index (χ4n) is 2.76. The minimum absolute atomic E-state index is 1.31. The molecule has 94 valence electrons. The normalized spacial score (nSPS) is 10.9. The van der Waals surface area contributed by atoms with Crippen molar-refractivity contribution in [3.05, 3.63) is 71.3 Å². The van der Waals surface area contributed by atoms with E-state index in [0.717, 1.165) is 0 Å². The molecule has 0 nitrogen and oxygen atoms in total. The second-order valence-corrected chi connectivity index (χ2v) is 5.23. The molecule has 0 aliphatic carbocycles. The summed E-state index contributed by atoms with van der Waals surface area (Å²) in [5, 5.41) is 2.65. The van der Waals surface area contributed by atoms with Crippen molar-refractivity contribution in [3.8, 4) is 11.1 Å². The van der Waals surface area contributed by atoms with Crippen LogP contribution in [0.15, 0.2) is 54.6 Å². The van der Waals surface area contributed by atoms with E-state index in [2.05, 4.69) is 75.4 Å². The molecule has 0 radical (unpaired) electrons. The van der Waals surface area contributed by atoms with Crippen molar-refractivity contribution in [2.45, 2.75) is 20.8 Å². The van der Waals surface area contributed by atoms with E-state index < -0.39 is 0 Å². The lowest BCUT2D eigenvalue weighted by atomic mass is 9.90. The number of rotatable bonds is 1. The Labute approximate surface area is 114 Å². The predicted octanol–water partition coefficient (Wildman–Crippen LogP) is 5.43. The number of benzene rings is 3. The summed E-state index contributed by atoms with van der Waals surface area (Å²) >= 11 is 0. The molecule has 0 aromatic heterocycles. The Morgan fingerprint density at radius 3 is 2.26 bits per heavy atom. The number of hydrogen-bond acceptors (Lipinski definition) is 0. The van der Waals surface area contributed by atoms with E-state index in [1.807, 2.05) is 0 Å². The van der Waals surface area contributed by atoms with E-state index >= 15 is 0 Å². The maximum atomic E-state index is 2.23. The molecule has 3 aromatic rings. The Bertz CT molecular complexity index is 751. The number of hydrogen-bond donors (Lipinski definition) is 0. The molecule has 3 rings (SSSR count). The minimum atomic E-state index is 1.31. The molecule has 0 aliphatic rings. The number of aryl methyl sites for hydroxylation is 2. The smallest absolute Gasteiger partial charge is 0.00734 e. The lowest BCUT2D eigenvalue weighted by Crippen LogP contribution is -1.91. The van der Waals surface area contributed by atoms with Gasteiger partial charge in [-0.15, -0.1) is 0 Å². The van der Waals surface area contributed by atoms with Gasteiger partial charge in [0.15, 0.2) is 0 Å². The Balaban J connectivity index is 2.42. The largest absolute Gasteiger partial charge is 0.0616 e. The van der Waals surface area contributed by atoms with Gasteiger partial charge in [0.25, 0.3) is 0 Å². The first kappa shape index (κ1) is 12.0. The van der Waals surface area contributed by atoms with Gasteiger partial charge >= 0.3 is 0 Å². The monoisotopic (exact) mass is 246 g/mol. The third kappa shape index (κ3) is 1.94. The van der Waals surface area contributed by atoms with Crippen LogP contribution in [0.3, 0.4) is 0 Å². The van der Waals surface area contributed by atoms with Gasteiger partial charge in [0.2, 0.25) is 0 Å². The first-order valence-corrected chi connectivity index (χ1v) is 6.73. The van der Waals surface area contributed by atoms with Crippen LogP contribution in [-0.2, 0) is 0 Å². The lowest BCUT2D eigenvalue weighted by Gasteiger charge is -2.14. The summed E-state index contributed by atoms with van der Waals surface area (Å²) in [6, 6.07) is 19.6. The Morgan fingerprint density at radius 2 is 1.42 bits per heavy atom. The third-order valence-corrected chi connectivity index (χ3v) is 4.01. The summed E-state index contributed by atoms with van der Waals surface area (Å²) in [4.78, 5) is 0.